The first-order valence-corrected chi connectivity index (χ1v) is 8.34. The lowest BCUT2D eigenvalue weighted by molar-refractivity contribution is 0.496. The maximum atomic E-state index is 11.6. The molecule has 0 spiro atoms. The summed E-state index contributed by atoms with van der Waals surface area (Å²) in [6.45, 7) is 5.75. The standard InChI is InChI=1S/C14H20BrNO2S/c1-14(2,3)16(19(17)18)13-9-8-12(15)10-6-4-5-7-11(10)13/h8-9H,4-7H2,1-3H3,(H,17,18)/p-1. The molecule has 0 bridgehead atoms. The van der Waals surface area contributed by atoms with Crippen LogP contribution < -0.4 is 4.31 Å². The van der Waals surface area contributed by atoms with Gasteiger partial charge in [0.15, 0.2) is 0 Å². The van der Waals surface area contributed by atoms with E-state index in [1.807, 2.05) is 32.9 Å². The Labute approximate surface area is 125 Å². The molecule has 0 heterocycles. The highest BCUT2D eigenvalue weighted by molar-refractivity contribution is 9.10. The van der Waals surface area contributed by atoms with Crippen LogP contribution in [-0.2, 0) is 24.1 Å². The van der Waals surface area contributed by atoms with Crippen LogP contribution in [0.2, 0.25) is 0 Å². The van der Waals surface area contributed by atoms with Gasteiger partial charge in [0.25, 0.3) is 0 Å². The lowest BCUT2D eigenvalue weighted by Crippen LogP contribution is -2.43. The van der Waals surface area contributed by atoms with Gasteiger partial charge in [-0.25, -0.2) is 0 Å². The van der Waals surface area contributed by atoms with E-state index in [1.165, 1.54) is 21.9 Å². The van der Waals surface area contributed by atoms with E-state index < -0.39 is 16.8 Å². The Morgan fingerprint density at radius 2 is 1.79 bits per heavy atom. The summed E-state index contributed by atoms with van der Waals surface area (Å²) in [5.74, 6) is 0. The van der Waals surface area contributed by atoms with Crippen LogP contribution in [0.5, 0.6) is 0 Å². The van der Waals surface area contributed by atoms with Crippen molar-refractivity contribution in [3.63, 3.8) is 0 Å². The van der Waals surface area contributed by atoms with E-state index in [9.17, 15) is 8.76 Å². The molecule has 0 radical (unpaired) electrons. The summed E-state index contributed by atoms with van der Waals surface area (Å²) < 4.78 is 25.8. The number of rotatable bonds is 2. The van der Waals surface area contributed by atoms with Gasteiger partial charge in [0.1, 0.15) is 0 Å². The fraction of sp³-hybridized carbons (Fsp3) is 0.571. The zero-order chi connectivity index (χ0) is 14.2. The Morgan fingerprint density at radius 1 is 1.21 bits per heavy atom. The fourth-order valence-corrected chi connectivity index (χ4v) is 4.01. The topological polar surface area (TPSA) is 43.4 Å². The molecule has 0 aromatic heterocycles. The van der Waals surface area contributed by atoms with Gasteiger partial charge in [0.05, 0.1) is 5.69 Å². The van der Waals surface area contributed by atoms with Crippen LogP contribution in [0.1, 0.15) is 44.7 Å². The van der Waals surface area contributed by atoms with Crippen LogP contribution in [0.3, 0.4) is 0 Å². The number of benzene rings is 1. The monoisotopic (exact) mass is 344 g/mol. The molecule has 19 heavy (non-hydrogen) atoms. The first-order valence-electron chi connectivity index (χ1n) is 6.52. The molecule has 1 aromatic rings. The molecular formula is C14H19BrNO2S-. The van der Waals surface area contributed by atoms with Crippen LogP contribution >= 0.6 is 15.9 Å². The largest absolute Gasteiger partial charge is 0.755 e. The average Bonchev–Trinajstić information content (AvgIpc) is 2.31. The molecule has 0 aliphatic heterocycles. The average molecular weight is 345 g/mol. The summed E-state index contributed by atoms with van der Waals surface area (Å²) in [4.78, 5) is 0. The van der Waals surface area contributed by atoms with Gasteiger partial charge in [0.2, 0.25) is 0 Å². The second-order valence-electron chi connectivity index (χ2n) is 5.91. The van der Waals surface area contributed by atoms with E-state index in [-0.39, 0.29) is 0 Å². The molecule has 0 fully saturated rings. The first-order chi connectivity index (χ1) is 8.82. The van der Waals surface area contributed by atoms with Crippen molar-refractivity contribution < 1.29 is 8.76 Å². The van der Waals surface area contributed by atoms with Crippen molar-refractivity contribution in [1.82, 2.24) is 0 Å². The molecule has 5 heteroatoms. The van der Waals surface area contributed by atoms with Gasteiger partial charge in [-0.05, 0) is 69.7 Å². The molecule has 1 aliphatic carbocycles. The Hall–Kier alpha value is -0.390. The number of hydrogen-bond donors (Lipinski definition) is 0. The number of fused-ring (bicyclic) bond motifs is 1. The lowest BCUT2D eigenvalue weighted by atomic mass is 9.90. The van der Waals surface area contributed by atoms with Gasteiger partial charge in [-0.2, -0.15) is 0 Å². The van der Waals surface area contributed by atoms with Crippen LogP contribution in [0.4, 0.5) is 5.69 Å². The molecule has 0 saturated carbocycles. The molecule has 0 saturated heterocycles. The molecule has 106 valence electrons. The highest BCUT2D eigenvalue weighted by Gasteiger charge is 2.27. The minimum atomic E-state index is -2.26. The minimum Gasteiger partial charge on any atom is -0.755 e. The van der Waals surface area contributed by atoms with Gasteiger partial charge < -0.3 is 4.55 Å². The zero-order valence-electron chi connectivity index (χ0n) is 11.5. The second-order valence-corrected chi connectivity index (χ2v) is 7.57. The van der Waals surface area contributed by atoms with E-state index in [0.29, 0.717) is 0 Å². The molecule has 1 aliphatic rings. The number of hydrogen-bond acceptors (Lipinski definition) is 2. The van der Waals surface area contributed by atoms with E-state index in [0.717, 1.165) is 29.4 Å². The Balaban J connectivity index is 2.58. The van der Waals surface area contributed by atoms with Crippen molar-refractivity contribution in [3.8, 4) is 0 Å². The Morgan fingerprint density at radius 3 is 2.32 bits per heavy atom. The normalized spacial score (nSPS) is 16.9. The third-order valence-corrected chi connectivity index (χ3v) is 5.22. The molecule has 0 amide bonds. The van der Waals surface area contributed by atoms with Gasteiger partial charge in [-0.1, -0.05) is 15.9 Å². The van der Waals surface area contributed by atoms with E-state index in [2.05, 4.69) is 15.9 Å². The van der Waals surface area contributed by atoms with Gasteiger partial charge in [-0.3, -0.25) is 8.51 Å². The number of anilines is 1. The third-order valence-electron chi connectivity index (χ3n) is 3.43. The van der Waals surface area contributed by atoms with E-state index >= 15 is 0 Å². The summed E-state index contributed by atoms with van der Waals surface area (Å²) in [5, 5.41) is 0. The van der Waals surface area contributed by atoms with Crippen molar-refractivity contribution in [3.05, 3.63) is 27.7 Å². The predicted octanol–water partition coefficient (Wildman–Crippen LogP) is 3.73. The van der Waals surface area contributed by atoms with Crippen molar-refractivity contribution in [2.45, 2.75) is 52.0 Å². The smallest absolute Gasteiger partial charge is 0.0524 e. The minimum absolute atomic E-state index is 0.453. The van der Waals surface area contributed by atoms with Crippen molar-refractivity contribution in [2.24, 2.45) is 0 Å². The van der Waals surface area contributed by atoms with Crippen LogP contribution in [-0.4, -0.2) is 14.3 Å². The van der Waals surface area contributed by atoms with E-state index in [4.69, 9.17) is 0 Å². The van der Waals surface area contributed by atoms with Crippen molar-refractivity contribution in [1.29, 1.82) is 0 Å². The van der Waals surface area contributed by atoms with E-state index in [1.54, 1.807) is 0 Å². The Kier molecular flexibility index (Phi) is 4.38. The molecule has 2 rings (SSSR count). The highest BCUT2D eigenvalue weighted by Crippen LogP contribution is 2.38. The molecule has 3 nitrogen and oxygen atoms in total. The molecule has 1 unspecified atom stereocenters. The summed E-state index contributed by atoms with van der Waals surface area (Å²) in [6, 6.07) is 3.88. The van der Waals surface area contributed by atoms with Gasteiger partial charge in [0, 0.05) is 21.3 Å². The summed E-state index contributed by atoms with van der Waals surface area (Å²) >= 11 is 1.32. The first kappa shape index (κ1) is 15.0. The maximum absolute atomic E-state index is 11.6. The molecular weight excluding hydrogens is 326 g/mol. The number of halogens is 1. The molecule has 0 N–H and O–H groups in total. The van der Waals surface area contributed by atoms with Crippen LogP contribution in [0.25, 0.3) is 0 Å². The molecule has 1 aromatic carbocycles. The quantitative estimate of drug-likeness (QED) is 0.767. The predicted molar refractivity (Wildman–Crippen MR) is 81.9 cm³/mol. The second kappa shape index (κ2) is 5.54. The third kappa shape index (κ3) is 3.03. The van der Waals surface area contributed by atoms with Gasteiger partial charge >= 0.3 is 0 Å². The summed E-state index contributed by atoms with van der Waals surface area (Å²) in [5.41, 5.74) is 2.83. The van der Waals surface area contributed by atoms with Crippen LogP contribution in [0.15, 0.2) is 16.6 Å². The van der Waals surface area contributed by atoms with Crippen molar-refractivity contribution in [2.75, 3.05) is 4.31 Å². The Bertz CT molecular complexity index is 511. The maximum Gasteiger partial charge on any atom is 0.0524 e. The summed E-state index contributed by atoms with van der Waals surface area (Å²) in [6.07, 6.45) is 4.27. The molecule has 1 atom stereocenters. The highest BCUT2D eigenvalue weighted by atomic mass is 79.9. The van der Waals surface area contributed by atoms with Crippen LogP contribution in [0, 0.1) is 0 Å². The lowest BCUT2D eigenvalue weighted by Gasteiger charge is -2.40. The SMILES string of the molecule is CC(C)(C)N(c1ccc(Br)c2c1CCCC2)S(=O)[O-]. The number of nitrogens with zero attached hydrogens (tertiary/aromatic N) is 1. The fourth-order valence-electron chi connectivity index (χ4n) is 2.66. The van der Waals surface area contributed by atoms with Crippen molar-refractivity contribution >= 4 is 32.9 Å². The van der Waals surface area contributed by atoms with Gasteiger partial charge in [-0.15, -0.1) is 0 Å². The summed E-state index contributed by atoms with van der Waals surface area (Å²) in [7, 11) is 0. The zero-order valence-corrected chi connectivity index (χ0v) is 13.9.